The number of halogens is 1. The fourth-order valence-corrected chi connectivity index (χ4v) is 5.65. The molecule has 2 aromatic heterocycles. The van der Waals surface area contributed by atoms with Gasteiger partial charge < -0.3 is 20.4 Å². The van der Waals surface area contributed by atoms with Gasteiger partial charge in [0.25, 0.3) is 0 Å². The van der Waals surface area contributed by atoms with Crippen molar-refractivity contribution in [3.05, 3.63) is 47.0 Å². The first-order valence-corrected chi connectivity index (χ1v) is 16.5. The predicted molar refractivity (Wildman–Crippen MR) is 180 cm³/mol. The maximum atomic E-state index is 11.7. The minimum atomic E-state index is -0.369. The highest BCUT2D eigenvalue weighted by molar-refractivity contribution is 6.34. The van der Waals surface area contributed by atoms with E-state index in [0.29, 0.717) is 22.6 Å². The summed E-state index contributed by atoms with van der Waals surface area (Å²) in [5.41, 5.74) is 8.20. The number of aromatic nitrogens is 3. The van der Waals surface area contributed by atoms with Gasteiger partial charge >= 0.3 is 6.09 Å². The van der Waals surface area contributed by atoms with Crippen LogP contribution in [-0.2, 0) is 20.7 Å². The van der Waals surface area contributed by atoms with Crippen LogP contribution in [0, 0.1) is 12.3 Å². The normalized spacial score (nSPS) is 15.0. The maximum Gasteiger partial charge on any atom is 0.410 e. The van der Waals surface area contributed by atoms with Crippen LogP contribution in [-0.4, -0.2) is 56.8 Å². The van der Waals surface area contributed by atoms with Gasteiger partial charge in [-0.3, -0.25) is 14.6 Å². The zero-order valence-electron chi connectivity index (χ0n) is 27.6. The van der Waals surface area contributed by atoms with Crippen molar-refractivity contribution in [1.82, 2.24) is 19.9 Å². The Morgan fingerprint density at radius 3 is 2.38 bits per heavy atom. The van der Waals surface area contributed by atoms with E-state index in [1.807, 2.05) is 57.8 Å². The summed E-state index contributed by atoms with van der Waals surface area (Å²) in [4.78, 5) is 45.9. The smallest absolute Gasteiger partial charge is 0.410 e. The van der Waals surface area contributed by atoms with Crippen LogP contribution in [0.3, 0.4) is 0 Å². The molecule has 1 aliphatic heterocycles. The number of aromatic amines is 1. The number of Topliss-reactive ketones (excluding diaryl/α,β-unsaturated/α-hetero) is 1. The number of nitrogens with zero attached hydrogens (tertiary/aromatic N) is 3. The van der Waals surface area contributed by atoms with Crippen molar-refractivity contribution in [1.29, 1.82) is 0 Å². The predicted octanol–water partition coefficient (Wildman–Crippen LogP) is 7.96. The van der Waals surface area contributed by atoms with Gasteiger partial charge in [-0.25, -0.2) is 9.78 Å². The third-order valence-electron chi connectivity index (χ3n) is 8.28. The third-order valence-corrected chi connectivity index (χ3v) is 8.60. The lowest BCUT2D eigenvalue weighted by Crippen LogP contribution is -2.42. The average molecular weight is 640 g/mol. The Labute approximate surface area is 272 Å². The first-order valence-electron chi connectivity index (χ1n) is 16.1. The Bertz CT molecular complexity index is 1420. The number of ketones is 1. The van der Waals surface area contributed by atoms with Crippen LogP contribution in [0.1, 0.15) is 103 Å². The van der Waals surface area contributed by atoms with Crippen LogP contribution >= 0.6 is 11.6 Å². The number of aryl methyl sites for hydroxylation is 2. The number of H-pyrrole nitrogens is 1. The summed E-state index contributed by atoms with van der Waals surface area (Å²) < 4.78 is 5.35. The Balaban J connectivity index is 0.000000258. The average Bonchev–Trinajstić information content (AvgIpc) is 3.56. The van der Waals surface area contributed by atoms with E-state index >= 15 is 0 Å². The van der Waals surface area contributed by atoms with Crippen molar-refractivity contribution < 1.29 is 19.1 Å². The molecular formula is C35H50ClN5O4. The van der Waals surface area contributed by atoms with E-state index in [2.05, 4.69) is 32.8 Å². The van der Waals surface area contributed by atoms with Gasteiger partial charge in [0.15, 0.2) is 0 Å². The number of unbranched alkanes of at least 4 members (excludes halogenated alkanes) is 3. The summed E-state index contributed by atoms with van der Waals surface area (Å²) in [6, 6.07) is 8.05. The largest absolute Gasteiger partial charge is 0.444 e. The number of likely N-dealkylation sites (tertiary alicyclic amines) is 1. The van der Waals surface area contributed by atoms with Crippen LogP contribution in [0.25, 0.3) is 22.2 Å². The van der Waals surface area contributed by atoms with Gasteiger partial charge in [0.1, 0.15) is 17.2 Å². The summed E-state index contributed by atoms with van der Waals surface area (Å²) in [6.07, 6.45) is 13.6. The molecule has 0 bridgehead atoms. The van der Waals surface area contributed by atoms with E-state index < -0.39 is 0 Å². The van der Waals surface area contributed by atoms with E-state index in [1.54, 1.807) is 0 Å². The molecule has 10 heteroatoms. The Morgan fingerprint density at radius 1 is 1.09 bits per heavy atom. The van der Waals surface area contributed by atoms with Crippen LogP contribution in [0.15, 0.2) is 30.5 Å². The molecule has 0 atom stereocenters. The monoisotopic (exact) mass is 639 g/mol. The lowest BCUT2D eigenvalue weighted by Gasteiger charge is -2.33. The molecule has 1 spiro atoms. The number of imidazole rings is 1. The zero-order valence-corrected chi connectivity index (χ0v) is 28.3. The molecule has 1 saturated carbocycles. The number of nitrogens with one attached hydrogen (secondary N) is 1. The quantitative estimate of drug-likeness (QED) is 0.180. The topological polar surface area (TPSA) is 131 Å². The van der Waals surface area contributed by atoms with Gasteiger partial charge in [0.2, 0.25) is 6.41 Å². The van der Waals surface area contributed by atoms with E-state index in [4.69, 9.17) is 21.1 Å². The molecule has 2 aliphatic rings. The van der Waals surface area contributed by atoms with Crippen molar-refractivity contribution in [2.45, 2.75) is 111 Å². The Kier molecular flexibility index (Phi) is 13.4. The molecule has 1 aliphatic carbocycles. The molecular weight excluding hydrogens is 590 g/mol. The fourth-order valence-electron chi connectivity index (χ4n) is 5.39. The van der Waals surface area contributed by atoms with Crippen LogP contribution in [0.4, 0.5) is 4.79 Å². The number of fused-ring (bicyclic) bond motifs is 1. The van der Waals surface area contributed by atoms with E-state index in [-0.39, 0.29) is 18.1 Å². The van der Waals surface area contributed by atoms with Gasteiger partial charge in [0, 0.05) is 49.0 Å². The number of benzene rings is 1. The zero-order chi connectivity index (χ0) is 33.0. The summed E-state index contributed by atoms with van der Waals surface area (Å²) in [5, 5.41) is 1.74. The van der Waals surface area contributed by atoms with Crippen molar-refractivity contribution in [3.8, 4) is 11.3 Å². The Morgan fingerprint density at radius 2 is 1.76 bits per heavy atom. The van der Waals surface area contributed by atoms with Gasteiger partial charge in [-0.2, -0.15) is 0 Å². The summed E-state index contributed by atoms with van der Waals surface area (Å²) in [7, 11) is 0. The highest BCUT2D eigenvalue weighted by Crippen LogP contribution is 2.53. The standard InChI is InChI=1S/C22H26ClN3O.C12H21NO2.CH3NO/c1-3-17(27)8-6-4-5-7-9-22-24-14-21(26-22)18-12-16-11-10-15(2)25-20(16)13-19(18)23;1-11(2,3)15-10(14)13-8-6-12(4-5-12)7-9-13;2-1-3/h10-14H,3-9H2,1-2H3,(H,24,26);4-9H2,1-3H3;1H,(H2,2,3). The number of ether oxygens (including phenoxy) is 1. The van der Waals surface area contributed by atoms with Crippen molar-refractivity contribution in [2.75, 3.05) is 13.1 Å². The minimum Gasteiger partial charge on any atom is -0.444 e. The van der Waals surface area contributed by atoms with Gasteiger partial charge in [-0.05, 0) is 89.8 Å². The van der Waals surface area contributed by atoms with Crippen molar-refractivity contribution in [2.24, 2.45) is 11.1 Å². The van der Waals surface area contributed by atoms with Gasteiger partial charge in [-0.1, -0.05) is 37.4 Å². The van der Waals surface area contributed by atoms with Gasteiger partial charge in [0.05, 0.1) is 22.4 Å². The molecule has 9 nitrogen and oxygen atoms in total. The number of hydrogen-bond acceptors (Lipinski definition) is 6. The minimum absolute atomic E-state index is 0.141. The number of nitrogens with two attached hydrogens (primary N) is 1. The molecule has 3 aromatic rings. The number of primary amides is 1. The number of rotatable bonds is 9. The second kappa shape index (κ2) is 16.7. The van der Waals surface area contributed by atoms with E-state index in [1.165, 1.54) is 25.7 Å². The number of piperidine rings is 1. The molecule has 1 aromatic carbocycles. The number of carbonyl (C=O) groups excluding carboxylic acids is 3. The number of hydrogen-bond donors (Lipinski definition) is 2. The highest BCUT2D eigenvalue weighted by atomic mass is 35.5. The molecule has 0 unspecified atom stereocenters. The number of pyridine rings is 1. The molecule has 2 amide bonds. The maximum absolute atomic E-state index is 11.7. The van der Waals surface area contributed by atoms with Crippen LogP contribution < -0.4 is 5.73 Å². The second-order valence-electron chi connectivity index (χ2n) is 13.1. The summed E-state index contributed by atoms with van der Waals surface area (Å²) >= 11 is 6.48. The number of carbonyl (C=O) groups is 3. The molecule has 3 N–H and O–H groups in total. The van der Waals surface area contributed by atoms with Crippen LogP contribution in [0.2, 0.25) is 5.02 Å². The van der Waals surface area contributed by atoms with E-state index in [9.17, 15) is 9.59 Å². The SMILES string of the molecule is CC(C)(C)OC(=O)N1CCC2(CC1)CC2.CCC(=O)CCCCCCc1ncc(-c2cc3ccc(C)nc3cc2Cl)[nH]1.NC=O. The molecule has 0 radical (unpaired) electrons. The van der Waals surface area contributed by atoms with E-state index in [0.717, 1.165) is 85.3 Å². The molecule has 1 saturated heterocycles. The molecule has 3 heterocycles. The highest BCUT2D eigenvalue weighted by Gasteiger charge is 2.45. The lowest BCUT2D eigenvalue weighted by atomic mass is 9.94. The van der Waals surface area contributed by atoms with Crippen molar-refractivity contribution in [3.63, 3.8) is 0 Å². The second-order valence-corrected chi connectivity index (χ2v) is 13.5. The third kappa shape index (κ3) is 11.8. The molecule has 2 fully saturated rings. The molecule has 45 heavy (non-hydrogen) atoms. The Hall–Kier alpha value is -3.46. The van der Waals surface area contributed by atoms with Crippen LogP contribution in [0.5, 0.6) is 0 Å². The van der Waals surface area contributed by atoms with Gasteiger partial charge in [-0.15, -0.1) is 0 Å². The summed E-state index contributed by atoms with van der Waals surface area (Å²) in [5.74, 6) is 1.34. The lowest BCUT2D eigenvalue weighted by molar-refractivity contribution is -0.118. The molecule has 246 valence electrons. The summed E-state index contributed by atoms with van der Waals surface area (Å²) in [6.45, 7) is 11.4. The fraction of sp³-hybridized carbons (Fsp3) is 0.571. The molecule has 5 rings (SSSR count). The van der Waals surface area contributed by atoms with Crippen molar-refractivity contribution >= 4 is 40.8 Å². The first kappa shape index (κ1) is 36.0. The number of amides is 2. The first-order chi connectivity index (χ1) is 21.4.